The predicted octanol–water partition coefficient (Wildman–Crippen LogP) is 2.03. The van der Waals surface area contributed by atoms with Crippen molar-refractivity contribution in [3.8, 4) is 0 Å². The minimum absolute atomic E-state index is 0.0224. The highest BCUT2D eigenvalue weighted by atomic mass is 35.5. The average molecular weight is 336 g/mol. The summed E-state index contributed by atoms with van der Waals surface area (Å²) in [6.07, 6.45) is 1.95. The first-order valence-electron chi connectivity index (χ1n) is 7.16. The van der Waals surface area contributed by atoms with Crippen molar-refractivity contribution in [2.45, 2.75) is 25.8 Å². The fraction of sp³-hybridized carbons (Fsp3) is 0.312. The number of hydrogen-bond donors (Lipinski definition) is 3. The highest BCUT2D eigenvalue weighted by molar-refractivity contribution is 6.34. The molecule has 0 amide bonds. The lowest BCUT2D eigenvalue weighted by molar-refractivity contribution is -0.137. The summed E-state index contributed by atoms with van der Waals surface area (Å²) in [7, 11) is 0. The lowest BCUT2D eigenvalue weighted by Gasteiger charge is -2.12. The molecule has 1 saturated carbocycles. The minimum Gasteiger partial charge on any atom is -0.454 e. The van der Waals surface area contributed by atoms with Gasteiger partial charge in [-0.25, -0.2) is 4.79 Å². The number of carbonyl (C=O) groups excluding carboxylic acids is 2. The molecule has 1 aromatic carbocycles. The summed E-state index contributed by atoms with van der Waals surface area (Å²) >= 11 is 5.93. The Labute approximate surface area is 139 Å². The molecule has 0 unspecified atom stereocenters. The zero-order valence-corrected chi connectivity index (χ0v) is 13.4. The molecule has 0 aromatic heterocycles. The van der Waals surface area contributed by atoms with E-state index in [9.17, 15) is 9.59 Å². The van der Waals surface area contributed by atoms with E-state index in [1.807, 2.05) is 0 Å². The molecule has 7 heteroatoms. The van der Waals surface area contributed by atoms with Gasteiger partial charge in [-0.15, -0.1) is 0 Å². The molecule has 0 saturated heterocycles. The van der Waals surface area contributed by atoms with Crippen LogP contribution in [0.5, 0.6) is 0 Å². The third-order valence-corrected chi connectivity index (χ3v) is 3.62. The van der Waals surface area contributed by atoms with E-state index in [4.69, 9.17) is 27.5 Å². The molecule has 1 aliphatic rings. The average Bonchev–Trinajstić information content (AvgIpc) is 3.28. The third kappa shape index (κ3) is 4.56. The van der Waals surface area contributed by atoms with Crippen LogP contribution in [0.4, 0.5) is 0 Å². The number of carbonyl (C=O) groups is 2. The molecule has 122 valence electrons. The largest absolute Gasteiger partial charge is 0.454 e. The van der Waals surface area contributed by atoms with Crippen molar-refractivity contribution in [2.75, 3.05) is 6.61 Å². The molecule has 0 spiro atoms. The van der Waals surface area contributed by atoms with Crippen molar-refractivity contribution in [2.24, 2.45) is 5.73 Å². The number of rotatable bonds is 7. The van der Waals surface area contributed by atoms with Crippen LogP contribution < -0.4 is 11.1 Å². The summed E-state index contributed by atoms with van der Waals surface area (Å²) in [5.41, 5.74) is 6.03. The first-order chi connectivity index (χ1) is 10.9. The Morgan fingerprint density at radius 1 is 1.39 bits per heavy atom. The fourth-order valence-corrected chi connectivity index (χ4v) is 2.19. The van der Waals surface area contributed by atoms with Crippen LogP contribution in [0.15, 0.2) is 35.7 Å². The Balaban J connectivity index is 2.03. The quantitative estimate of drug-likeness (QED) is 0.306. The number of hydrogen-bond acceptors (Lipinski definition) is 6. The highest BCUT2D eigenvalue weighted by Crippen LogP contribution is 2.20. The Morgan fingerprint density at radius 2 is 2.04 bits per heavy atom. The lowest BCUT2D eigenvalue weighted by Crippen LogP contribution is -2.30. The van der Waals surface area contributed by atoms with Crippen LogP contribution >= 0.6 is 11.6 Å². The van der Waals surface area contributed by atoms with E-state index in [1.165, 1.54) is 6.92 Å². The standard InChI is InChI=1S/C16H18ClN3O3/c1-9(18)14(15(19)20-10-6-7-10)16(22)23-8-13(21)11-4-2-3-5-12(11)17/h2-5,10,18,20H,6-8,19H2,1H3/b15-14+,18-9?. The Kier molecular flexibility index (Phi) is 5.39. The number of nitrogens with one attached hydrogen (secondary N) is 2. The molecule has 1 aromatic rings. The molecular weight excluding hydrogens is 318 g/mol. The maximum atomic E-state index is 12.1. The van der Waals surface area contributed by atoms with E-state index in [2.05, 4.69) is 5.32 Å². The molecule has 1 fully saturated rings. The fourth-order valence-electron chi connectivity index (χ4n) is 1.95. The SMILES string of the molecule is CC(=N)/C(C(=O)OCC(=O)c1ccccc1Cl)=C(/N)NC1CC1. The van der Waals surface area contributed by atoms with Crippen LogP contribution in [-0.4, -0.2) is 30.1 Å². The molecular formula is C16H18ClN3O3. The minimum atomic E-state index is -0.802. The number of nitrogens with two attached hydrogens (primary N) is 1. The molecule has 0 bridgehead atoms. The second-order valence-corrected chi connectivity index (χ2v) is 5.72. The number of esters is 1. The zero-order chi connectivity index (χ0) is 17.0. The van der Waals surface area contributed by atoms with Crippen molar-refractivity contribution < 1.29 is 14.3 Å². The van der Waals surface area contributed by atoms with Crippen molar-refractivity contribution in [1.82, 2.24) is 5.32 Å². The van der Waals surface area contributed by atoms with Crippen LogP contribution in [-0.2, 0) is 9.53 Å². The second-order valence-electron chi connectivity index (χ2n) is 5.31. The number of halogens is 1. The maximum absolute atomic E-state index is 12.1. The molecule has 0 heterocycles. The van der Waals surface area contributed by atoms with E-state index in [0.29, 0.717) is 5.02 Å². The van der Waals surface area contributed by atoms with E-state index in [0.717, 1.165) is 12.8 Å². The van der Waals surface area contributed by atoms with Gasteiger partial charge in [-0.1, -0.05) is 23.7 Å². The molecule has 0 aliphatic heterocycles. The first kappa shape index (κ1) is 17.0. The molecule has 2 rings (SSSR count). The summed E-state index contributed by atoms with van der Waals surface area (Å²) in [4.78, 5) is 24.2. The topological polar surface area (TPSA) is 105 Å². The molecule has 4 N–H and O–H groups in total. The smallest absolute Gasteiger partial charge is 0.344 e. The van der Waals surface area contributed by atoms with Gasteiger partial charge in [-0.05, 0) is 31.9 Å². The van der Waals surface area contributed by atoms with Gasteiger partial charge in [0.2, 0.25) is 5.78 Å². The molecule has 0 radical (unpaired) electrons. The number of benzene rings is 1. The first-order valence-corrected chi connectivity index (χ1v) is 7.54. The summed E-state index contributed by atoms with van der Waals surface area (Å²) < 4.78 is 4.99. The zero-order valence-electron chi connectivity index (χ0n) is 12.7. The third-order valence-electron chi connectivity index (χ3n) is 3.29. The molecule has 1 aliphatic carbocycles. The Bertz CT molecular complexity index is 681. The summed E-state index contributed by atoms with van der Waals surface area (Å²) in [5.74, 6) is -1.11. The van der Waals surface area contributed by atoms with Crippen LogP contribution in [0.25, 0.3) is 0 Å². The normalized spacial score (nSPS) is 14.7. The van der Waals surface area contributed by atoms with Crippen LogP contribution in [0, 0.1) is 5.41 Å². The van der Waals surface area contributed by atoms with Gasteiger partial charge in [0.1, 0.15) is 11.4 Å². The Hall–Kier alpha value is -2.34. The van der Waals surface area contributed by atoms with Gasteiger partial charge in [-0.2, -0.15) is 0 Å². The van der Waals surface area contributed by atoms with Gasteiger partial charge in [0, 0.05) is 17.3 Å². The molecule has 23 heavy (non-hydrogen) atoms. The van der Waals surface area contributed by atoms with E-state index in [-0.39, 0.29) is 28.7 Å². The van der Waals surface area contributed by atoms with E-state index >= 15 is 0 Å². The maximum Gasteiger partial charge on any atom is 0.344 e. The highest BCUT2D eigenvalue weighted by Gasteiger charge is 2.25. The van der Waals surface area contributed by atoms with Crippen LogP contribution in [0.3, 0.4) is 0 Å². The second kappa shape index (κ2) is 7.28. The summed E-state index contributed by atoms with van der Waals surface area (Å²) in [5, 5.41) is 10.9. The van der Waals surface area contributed by atoms with Gasteiger partial charge in [0.15, 0.2) is 6.61 Å². The van der Waals surface area contributed by atoms with Gasteiger partial charge < -0.3 is 21.2 Å². The van der Waals surface area contributed by atoms with Crippen LogP contribution in [0.2, 0.25) is 5.02 Å². The van der Waals surface area contributed by atoms with Gasteiger partial charge in [0.25, 0.3) is 0 Å². The monoisotopic (exact) mass is 335 g/mol. The number of ether oxygens (including phenoxy) is 1. The van der Waals surface area contributed by atoms with E-state index in [1.54, 1.807) is 24.3 Å². The number of ketones is 1. The number of Topliss-reactive ketones (excluding diaryl/α,β-unsaturated/α-hetero) is 1. The van der Waals surface area contributed by atoms with Crippen molar-refractivity contribution in [3.05, 3.63) is 46.2 Å². The van der Waals surface area contributed by atoms with Gasteiger partial charge in [-0.3, -0.25) is 4.79 Å². The Morgan fingerprint density at radius 3 is 2.61 bits per heavy atom. The van der Waals surface area contributed by atoms with E-state index < -0.39 is 18.4 Å². The summed E-state index contributed by atoms with van der Waals surface area (Å²) in [6, 6.07) is 6.75. The predicted molar refractivity (Wildman–Crippen MR) is 87.5 cm³/mol. The van der Waals surface area contributed by atoms with Gasteiger partial charge in [0.05, 0.1) is 5.02 Å². The molecule has 6 nitrogen and oxygen atoms in total. The van der Waals surface area contributed by atoms with Crippen molar-refractivity contribution in [3.63, 3.8) is 0 Å². The van der Waals surface area contributed by atoms with Crippen molar-refractivity contribution in [1.29, 1.82) is 5.41 Å². The van der Waals surface area contributed by atoms with Gasteiger partial charge >= 0.3 is 5.97 Å². The molecule has 0 atom stereocenters. The lowest BCUT2D eigenvalue weighted by atomic mass is 10.1. The van der Waals surface area contributed by atoms with Crippen LogP contribution in [0.1, 0.15) is 30.1 Å². The summed E-state index contributed by atoms with van der Waals surface area (Å²) in [6.45, 7) is 0.976. The van der Waals surface area contributed by atoms with Crippen molar-refractivity contribution >= 4 is 29.1 Å².